The van der Waals surface area contributed by atoms with Gasteiger partial charge in [0.15, 0.2) is 0 Å². The molecule has 3 fully saturated rings. The van der Waals surface area contributed by atoms with Crippen molar-refractivity contribution in [2.24, 2.45) is 23.2 Å². The molecule has 3 amide bonds. The van der Waals surface area contributed by atoms with Gasteiger partial charge in [-0.25, -0.2) is 0 Å². The van der Waals surface area contributed by atoms with Crippen molar-refractivity contribution in [3.05, 3.63) is 61.2 Å². The molecule has 3 unspecified atom stereocenters. The van der Waals surface area contributed by atoms with Crippen molar-refractivity contribution in [1.29, 1.82) is 0 Å². The zero-order valence-electron chi connectivity index (χ0n) is 30.0. The Morgan fingerprint density at radius 1 is 1.02 bits per heavy atom. The molecule has 260 valence electrons. The Hall–Kier alpha value is -2.97. The van der Waals surface area contributed by atoms with E-state index in [0.717, 1.165) is 24.8 Å². The zero-order valence-corrected chi connectivity index (χ0v) is 30.0. The van der Waals surface area contributed by atoms with E-state index in [1.807, 2.05) is 42.2 Å². The van der Waals surface area contributed by atoms with Crippen molar-refractivity contribution in [2.75, 3.05) is 26.2 Å². The third-order valence-electron chi connectivity index (χ3n) is 10.8. The Kier molecular flexibility index (Phi) is 11.2. The van der Waals surface area contributed by atoms with Crippen molar-refractivity contribution in [2.45, 2.75) is 116 Å². The molecular weight excluding hydrogens is 590 g/mol. The van der Waals surface area contributed by atoms with Crippen LogP contribution in [0.25, 0.3) is 0 Å². The molecule has 1 spiro atoms. The van der Waals surface area contributed by atoms with Gasteiger partial charge in [-0.2, -0.15) is 0 Å². The van der Waals surface area contributed by atoms with Gasteiger partial charge in [-0.05, 0) is 63.4 Å². The highest BCUT2D eigenvalue weighted by molar-refractivity contribution is 5.99. The van der Waals surface area contributed by atoms with Gasteiger partial charge in [0.05, 0.1) is 17.4 Å². The van der Waals surface area contributed by atoms with Crippen LogP contribution in [0.4, 0.5) is 0 Å². The molecule has 4 rings (SSSR count). The van der Waals surface area contributed by atoms with Crippen LogP contribution in [0, 0.1) is 23.2 Å². The van der Waals surface area contributed by atoms with Crippen LogP contribution in [-0.4, -0.2) is 86.6 Å². The van der Waals surface area contributed by atoms with Gasteiger partial charge in [0.2, 0.25) is 17.7 Å². The molecule has 3 heterocycles. The number of ether oxygens (including phenoxy) is 1. The van der Waals surface area contributed by atoms with E-state index in [1.54, 1.807) is 22.0 Å². The summed E-state index contributed by atoms with van der Waals surface area (Å²) in [6.07, 6.45) is 7.84. The normalized spacial score (nSPS) is 28.3. The van der Waals surface area contributed by atoms with E-state index in [2.05, 4.69) is 54.7 Å². The zero-order chi connectivity index (χ0) is 34.8. The van der Waals surface area contributed by atoms with Crippen LogP contribution in [0.2, 0.25) is 0 Å². The number of aliphatic hydroxyl groups is 1. The standard InChI is InChI=1S/C39H59N3O5/c1-10-21-40(26-29-19-15-14-16-20-29)33(44)30-31-34(45)41(23-17-12-13-18-24-43)32(39(31)25-28(3)38(30,9)47-39)35(46)42(22-11-2)37(7,8)27-36(4,5)6/h10-11,14-16,19-20,28,30-32,43H,1-2,12-13,17-18,21-27H2,3-9H3/t28?,30-,31+,32?,38+,39?/m1/s1. The number of rotatable bonds is 16. The highest BCUT2D eigenvalue weighted by Gasteiger charge is 2.80. The molecule has 1 aromatic rings. The molecule has 0 aliphatic carbocycles. The van der Waals surface area contributed by atoms with E-state index < -0.39 is 34.6 Å². The number of carbonyl (C=O) groups excluding carboxylic acids is 3. The second kappa shape index (κ2) is 14.3. The quantitative estimate of drug-likeness (QED) is 0.176. The third-order valence-corrected chi connectivity index (χ3v) is 10.8. The fourth-order valence-electron chi connectivity index (χ4n) is 9.08. The Morgan fingerprint density at radius 3 is 2.26 bits per heavy atom. The number of nitrogens with zero attached hydrogens (tertiary/aromatic N) is 3. The first-order valence-corrected chi connectivity index (χ1v) is 17.6. The van der Waals surface area contributed by atoms with Gasteiger partial charge in [0, 0.05) is 38.3 Å². The first-order chi connectivity index (χ1) is 22.1. The number of benzene rings is 1. The number of hydrogen-bond acceptors (Lipinski definition) is 5. The van der Waals surface area contributed by atoms with Crippen molar-refractivity contribution in [3.8, 4) is 0 Å². The number of amides is 3. The summed E-state index contributed by atoms with van der Waals surface area (Å²) in [5.74, 6) is -1.96. The molecular formula is C39H59N3O5. The molecule has 8 heteroatoms. The van der Waals surface area contributed by atoms with E-state index in [0.29, 0.717) is 45.4 Å². The van der Waals surface area contributed by atoms with E-state index in [-0.39, 0.29) is 35.7 Å². The summed E-state index contributed by atoms with van der Waals surface area (Å²) in [6.45, 7) is 24.3. The lowest BCUT2D eigenvalue weighted by Gasteiger charge is -2.45. The van der Waals surface area contributed by atoms with Crippen LogP contribution in [0.5, 0.6) is 0 Å². The van der Waals surface area contributed by atoms with Crippen LogP contribution in [0.3, 0.4) is 0 Å². The SMILES string of the molecule is C=CCN(Cc1ccccc1)C(=O)[C@H]1[C@H]2C(=O)N(CCCCCCO)C(C(=O)N(CC=C)C(C)(C)CC(C)(C)C)C23CC(C)[C@]1(C)O3. The maximum atomic E-state index is 15.1. The number of likely N-dealkylation sites (tertiary alicyclic amines) is 1. The minimum absolute atomic E-state index is 0.0435. The fourth-order valence-corrected chi connectivity index (χ4v) is 9.08. The molecule has 3 aliphatic rings. The van der Waals surface area contributed by atoms with Crippen molar-refractivity contribution < 1.29 is 24.2 Å². The van der Waals surface area contributed by atoms with E-state index >= 15 is 4.79 Å². The fraction of sp³-hybridized carbons (Fsp3) is 0.667. The van der Waals surface area contributed by atoms with E-state index in [1.165, 1.54) is 0 Å². The highest BCUT2D eigenvalue weighted by Crippen LogP contribution is 2.65. The molecule has 0 saturated carbocycles. The minimum atomic E-state index is -1.11. The molecule has 1 aromatic carbocycles. The van der Waals surface area contributed by atoms with Crippen molar-refractivity contribution >= 4 is 17.7 Å². The summed E-state index contributed by atoms with van der Waals surface area (Å²) in [4.78, 5) is 50.0. The molecule has 6 atom stereocenters. The van der Waals surface area contributed by atoms with Crippen LogP contribution >= 0.6 is 0 Å². The van der Waals surface area contributed by atoms with Gasteiger partial charge in [0.1, 0.15) is 11.6 Å². The first-order valence-electron chi connectivity index (χ1n) is 17.6. The van der Waals surface area contributed by atoms with Crippen LogP contribution in [0.1, 0.15) is 92.6 Å². The third kappa shape index (κ3) is 7.10. The molecule has 0 aromatic heterocycles. The first kappa shape index (κ1) is 36.9. The number of unbranched alkanes of at least 4 members (excludes halogenated alkanes) is 3. The summed E-state index contributed by atoms with van der Waals surface area (Å²) in [5, 5.41) is 9.31. The van der Waals surface area contributed by atoms with Gasteiger partial charge < -0.3 is 24.5 Å². The number of aliphatic hydroxyl groups excluding tert-OH is 1. The number of fused-ring (bicyclic) bond motifs is 1. The maximum Gasteiger partial charge on any atom is 0.249 e. The maximum absolute atomic E-state index is 15.1. The van der Waals surface area contributed by atoms with Gasteiger partial charge in [-0.1, -0.05) is 83.0 Å². The van der Waals surface area contributed by atoms with E-state index in [4.69, 9.17) is 4.74 Å². The lowest BCUT2D eigenvalue weighted by atomic mass is 9.62. The Morgan fingerprint density at radius 2 is 1.66 bits per heavy atom. The van der Waals surface area contributed by atoms with Crippen molar-refractivity contribution in [3.63, 3.8) is 0 Å². The van der Waals surface area contributed by atoms with Crippen LogP contribution < -0.4 is 0 Å². The van der Waals surface area contributed by atoms with E-state index in [9.17, 15) is 14.7 Å². The lowest BCUT2D eigenvalue weighted by molar-refractivity contribution is -0.158. The predicted molar refractivity (Wildman–Crippen MR) is 186 cm³/mol. The molecule has 8 nitrogen and oxygen atoms in total. The molecule has 2 bridgehead atoms. The monoisotopic (exact) mass is 649 g/mol. The second-order valence-electron chi connectivity index (χ2n) is 16.2. The van der Waals surface area contributed by atoms with Gasteiger partial charge in [-0.15, -0.1) is 13.2 Å². The van der Waals surface area contributed by atoms with Gasteiger partial charge >= 0.3 is 0 Å². The summed E-state index contributed by atoms with van der Waals surface area (Å²) in [7, 11) is 0. The van der Waals surface area contributed by atoms with Gasteiger partial charge in [0.25, 0.3) is 0 Å². The summed E-state index contributed by atoms with van der Waals surface area (Å²) in [6, 6.07) is 9.00. The van der Waals surface area contributed by atoms with Crippen molar-refractivity contribution in [1.82, 2.24) is 14.7 Å². The molecule has 3 aliphatic heterocycles. The average molecular weight is 650 g/mol. The number of carbonyl (C=O) groups is 3. The largest absolute Gasteiger partial charge is 0.396 e. The summed E-state index contributed by atoms with van der Waals surface area (Å²) in [5.41, 5.74) is -1.58. The van der Waals surface area contributed by atoms with Gasteiger partial charge in [-0.3, -0.25) is 14.4 Å². The molecule has 3 saturated heterocycles. The number of hydrogen-bond donors (Lipinski definition) is 1. The van der Waals surface area contributed by atoms with Crippen LogP contribution in [-0.2, 0) is 25.7 Å². The topological polar surface area (TPSA) is 90.4 Å². The molecule has 1 N–H and O–H groups in total. The average Bonchev–Trinajstić information content (AvgIpc) is 3.50. The smallest absolute Gasteiger partial charge is 0.249 e. The van der Waals surface area contributed by atoms with Crippen LogP contribution in [0.15, 0.2) is 55.6 Å². The minimum Gasteiger partial charge on any atom is -0.396 e. The predicted octanol–water partition coefficient (Wildman–Crippen LogP) is 5.99. The lowest BCUT2D eigenvalue weighted by Crippen LogP contribution is -2.61. The molecule has 0 radical (unpaired) electrons. The summed E-state index contributed by atoms with van der Waals surface area (Å²) < 4.78 is 7.07. The highest BCUT2D eigenvalue weighted by atomic mass is 16.5. The Labute approximate surface area is 283 Å². The Balaban J connectivity index is 1.79. The second-order valence-corrected chi connectivity index (χ2v) is 16.2. The summed E-state index contributed by atoms with van der Waals surface area (Å²) >= 11 is 0. The Bertz CT molecular complexity index is 1310. The molecule has 47 heavy (non-hydrogen) atoms.